The number of alkyl halides is 3. The van der Waals surface area contributed by atoms with Gasteiger partial charge in [0.05, 0.1) is 15.7 Å². The Bertz CT molecular complexity index is 996. The summed E-state index contributed by atoms with van der Waals surface area (Å²) in [5.74, 6) is -0.797. The normalized spacial score (nSPS) is 16.1. The molecule has 158 valence electrons. The molecule has 0 spiro atoms. The number of anilines is 1. The predicted molar refractivity (Wildman–Crippen MR) is 106 cm³/mol. The van der Waals surface area contributed by atoms with Crippen LogP contribution in [0.2, 0.25) is 10.0 Å². The van der Waals surface area contributed by atoms with Crippen LogP contribution in [0, 0.1) is 0 Å². The molecule has 0 amide bonds. The lowest BCUT2D eigenvalue weighted by molar-refractivity contribution is -0.275. The Labute approximate surface area is 183 Å². The molecule has 0 radical (unpaired) electrons. The molecule has 0 bridgehead atoms. The van der Waals surface area contributed by atoms with Crippen LogP contribution in [0.25, 0.3) is 0 Å². The summed E-state index contributed by atoms with van der Waals surface area (Å²) in [4.78, 5) is 5.11. The first-order valence-corrected chi connectivity index (χ1v) is 11.1. The molecule has 1 aliphatic heterocycles. The van der Waals surface area contributed by atoms with E-state index in [4.69, 9.17) is 23.2 Å². The lowest BCUT2D eigenvalue weighted by Gasteiger charge is -2.36. The standard InChI is InChI=1S/C16H13BrCl2F3N3O3S/c17-10-1-2-14(13(7-10)28-16(20,21)22)29(26,27)25-5-3-24(4-6-25)15-11(18)8-23-9-12(15)19/h1-2,7-9H,3-6H2. The highest BCUT2D eigenvalue weighted by Gasteiger charge is 2.37. The van der Waals surface area contributed by atoms with Crippen molar-refractivity contribution in [3.63, 3.8) is 0 Å². The van der Waals surface area contributed by atoms with Gasteiger partial charge in [0.25, 0.3) is 0 Å². The van der Waals surface area contributed by atoms with Gasteiger partial charge in [-0.05, 0) is 18.2 Å². The summed E-state index contributed by atoms with van der Waals surface area (Å²) in [7, 11) is -4.23. The number of aromatic nitrogens is 1. The molecule has 29 heavy (non-hydrogen) atoms. The van der Waals surface area contributed by atoms with Gasteiger partial charge in [0.2, 0.25) is 10.0 Å². The van der Waals surface area contributed by atoms with Crippen molar-refractivity contribution in [2.45, 2.75) is 11.3 Å². The Hall–Kier alpha value is -1.27. The lowest BCUT2D eigenvalue weighted by Crippen LogP contribution is -2.49. The van der Waals surface area contributed by atoms with Gasteiger partial charge in [0.1, 0.15) is 4.90 Å². The van der Waals surface area contributed by atoms with Crippen LogP contribution in [0.15, 0.2) is 40.0 Å². The zero-order valence-electron chi connectivity index (χ0n) is 14.5. The molecule has 0 atom stereocenters. The summed E-state index contributed by atoms with van der Waals surface area (Å²) >= 11 is 15.3. The van der Waals surface area contributed by atoms with Gasteiger partial charge in [-0.1, -0.05) is 39.1 Å². The van der Waals surface area contributed by atoms with Crippen molar-refractivity contribution in [2.75, 3.05) is 31.1 Å². The molecule has 2 aromatic rings. The third-order valence-corrected chi connectivity index (χ3v) is 7.12. The van der Waals surface area contributed by atoms with E-state index >= 15 is 0 Å². The molecule has 6 nitrogen and oxygen atoms in total. The largest absolute Gasteiger partial charge is 0.573 e. The Morgan fingerprint density at radius 2 is 1.66 bits per heavy atom. The number of sulfonamides is 1. The second kappa shape index (κ2) is 8.46. The van der Waals surface area contributed by atoms with Gasteiger partial charge in [-0.2, -0.15) is 4.31 Å². The number of rotatable bonds is 4. The van der Waals surface area contributed by atoms with Crippen LogP contribution in [0.5, 0.6) is 5.75 Å². The van der Waals surface area contributed by atoms with Gasteiger partial charge in [-0.15, -0.1) is 13.2 Å². The molecule has 2 heterocycles. The number of benzene rings is 1. The minimum Gasteiger partial charge on any atom is -0.404 e. The van der Waals surface area contributed by atoms with E-state index < -0.39 is 27.0 Å². The number of nitrogens with zero attached hydrogens (tertiary/aromatic N) is 3. The first kappa shape index (κ1) is 22.4. The van der Waals surface area contributed by atoms with Gasteiger partial charge in [-0.25, -0.2) is 8.42 Å². The van der Waals surface area contributed by atoms with Crippen LogP contribution in [-0.4, -0.2) is 50.2 Å². The van der Waals surface area contributed by atoms with Gasteiger partial charge in [0, 0.05) is 43.0 Å². The Morgan fingerprint density at radius 1 is 1.07 bits per heavy atom. The van der Waals surface area contributed by atoms with Crippen LogP contribution in [0.1, 0.15) is 0 Å². The zero-order chi connectivity index (χ0) is 21.4. The SMILES string of the molecule is O=S(=O)(c1ccc(Br)cc1OC(F)(F)F)N1CCN(c2c(Cl)cncc2Cl)CC1. The third-order valence-electron chi connectivity index (χ3n) is 4.13. The van der Waals surface area contributed by atoms with Crippen LogP contribution in [0.3, 0.4) is 0 Å². The van der Waals surface area contributed by atoms with Crippen LogP contribution in [-0.2, 0) is 10.0 Å². The maximum atomic E-state index is 13.0. The molecular weight excluding hydrogens is 522 g/mol. The van der Waals surface area contributed by atoms with E-state index in [9.17, 15) is 21.6 Å². The Morgan fingerprint density at radius 3 is 2.21 bits per heavy atom. The van der Waals surface area contributed by atoms with Crippen LogP contribution < -0.4 is 9.64 Å². The highest BCUT2D eigenvalue weighted by Crippen LogP contribution is 2.36. The number of halogens is 6. The lowest BCUT2D eigenvalue weighted by atomic mass is 10.3. The molecule has 3 rings (SSSR count). The molecule has 0 N–H and O–H groups in total. The number of piperazine rings is 1. The van der Waals surface area contributed by atoms with E-state index in [1.54, 1.807) is 4.90 Å². The maximum Gasteiger partial charge on any atom is 0.573 e. The first-order chi connectivity index (χ1) is 13.5. The molecule has 1 saturated heterocycles. The van der Waals surface area contributed by atoms with E-state index in [0.717, 1.165) is 16.4 Å². The third kappa shape index (κ3) is 5.08. The fourth-order valence-corrected chi connectivity index (χ4v) is 5.36. The molecule has 1 fully saturated rings. The van der Waals surface area contributed by atoms with Gasteiger partial charge < -0.3 is 9.64 Å². The molecule has 1 aliphatic rings. The quantitative estimate of drug-likeness (QED) is 0.575. The minimum absolute atomic E-state index is 0.0266. The molecule has 0 unspecified atom stereocenters. The average Bonchev–Trinajstić information content (AvgIpc) is 2.60. The van der Waals surface area contributed by atoms with Crippen molar-refractivity contribution in [1.29, 1.82) is 0 Å². The summed E-state index contributed by atoms with van der Waals surface area (Å²) in [6.07, 6.45) is -2.18. The van der Waals surface area contributed by atoms with Crippen LogP contribution in [0.4, 0.5) is 18.9 Å². The second-order valence-corrected chi connectivity index (χ2v) is 9.62. The topological polar surface area (TPSA) is 62.7 Å². The Balaban J connectivity index is 1.84. The van der Waals surface area contributed by atoms with Crippen LogP contribution >= 0.6 is 39.1 Å². The second-order valence-electron chi connectivity index (χ2n) is 5.98. The van der Waals surface area contributed by atoms with Crippen molar-refractivity contribution in [3.8, 4) is 5.75 Å². The van der Waals surface area contributed by atoms with Gasteiger partial charge >= 0.3 is 6.36 Å². The summed E-state index contributed by atoms with van der Waals surface area (Å²) in [6.45, 7) is 0.543. The monoisotopic (exact) mass is 533 g/mol. The fraction of sp³-hybridized carbons (Fsp3) is 0.312. The summed E-state index contributed by atoms with van der Waals surface area (Å²) in [6, 6.07) is 3.37. The van der Waals surface area contributed by atoms with Gasteiger partial charge in [-0.3, -0.25) is 4.98 Å². The molecule has 0 saturated carbocycles. The van der Waals surface area contributed by atoms with Gasteiger partial charge in [0.15, 0.2) is 5.75 Å². The van der Waals surface area contributed by atoms with Crippen molar-refractivity contribution in [1.82, 2.24) is 9.29 Å². The Kier molecular flexibility index (Phi) is 6.54. The number of pyridine rings is 1. The van der Waals surface area contributed by atoms with Crippen molar-refractivity contribution >= 4 is 54.8 Å². The molecule has 1 aromatic heterocycles. The molecule has 1 aromatic carbocycles. The smallest absolute Gasteiger partial charge is 0.404 e. The zero-order valence-corrected chi connectivity index (χ0v) is 18.4. The number of ether oxygens (including phenoxy) is 1. The molecule has 0 aliphatic carbocycles. The van der Waals surface area contributed by atoms with E-state index in [1.165, 1.54) is 18.5 Å². The highest BCUT2D eigenvalue weighted by molar-refractivity contribution is 9.10. The van der Waals surface area contributed by atoms with E-state index in [0.29, 0.717) is 15.7 Å². The highest BCUT2D eigenvalue weighted by atomic mass is 79.9. The first-order valence-electron chi connectivity index (χ1n) is 8.08. The number of hydrogen-bond acceptors (Lipinski definition) is 5. The summed E-state index contributed by atoms with van der Waals surface area (Å²) in [5.41, 5.74) is 0.533. The molecular formula is C16H13BrCl2F3N3O3S. The van der Waals surface area contributed by atoms with E-state index in [-0.39, 0.29) is 30.7 Å². The van der Waals surface area contributed by atoms with E-state index in [1.807, 2.05) is 0 Å². The van der Waals surface area contributed by atoms with E-state index in [2.05, 4.69) is 25.7 Å². The van der Waals surface area contributed by atoms with Crippen molar-refractivity contribution in [3.05, 3.63) is 45.1 Å². The predicted octanol–water partition coefficient (Wildman–Crippen LogP) is 4.56. The maximum absolute atomic E-state index is 13.0. The van der Waals surface area contributed by atoms with Crippen molar-refractivity contribution in [2.24, 2.45) is 0 Å². The summed E-state index contributed by atoms with van der Waals surface area (Å²) < 4.78 is 69.3. The molecule has 13 heteroatoms. The summed E-state index contributed by atoms with van der Waals surface area (Å²) in [5, 5.41) is 0.644. The fourth-order valence-electron chi connectivity index (χ4n) is 2.90. The van der Waals surface area contributed by atoms with Crippen molar-refractivity contribution < 1.29 is 26.3 Å². The average molecular weight is 535 g/mol. The number of hydrogen-bond donors (Lipinski definition) is 0. The minimum atomic E-state index is -5.03.